The van der Waals surface area contributed by atoms with E-state index in [-0.39, 0.29) is 17.9 Å². The average molecular weight is 308 g/mol. The van der Waals surface area contributed by atoms with E-state index in [4.69, 9.17) is 4.74 Å². The van der Waals surface area contributed by atoms with E-state index in [9.17, 15) is 18.0 Å². The first-order valence-electron chi connectivity index (χ1n) is 7.51. The Hall–Kier alpha value is -0.820. The van der Waals surface area contributed by atoms with Gasteiger partial charge in [-0.15, -0.1) is 0 Å². The minimum Gasteiger partial charge on any atom is -0.469 e. The van der Waals surface area contributed by atoms with Gasteiger partial charge in [0.15, 0.2) is 0 Å². The zero-order valence-corrected chi connectivity index (χ0v) is 12.3. The van der Waals surface area contributed by atoms with Crippen LogP contribution < -0.4 is 5.32 Å². The molecule has 1 heterocycles. The van der Waals surface area contributed by atoms with Crippen molar-refractivity contribution in [2.45, 2.75) is 50.4 Å². The SMILES string of the molecule is COC(=O)C1CC(NCC(F)(F)F)CN(C2CCCC2)C1. The molecule has 4 nitrogen and oxygen atoms in total. The standard InChI is InChI=1S/C14H23F3N2O2/c1-21-13(20)10-6-11(18-9-14(15,16)17)8-19(7-10)12-4-2-3-5-12/h10-12,18H,2-9H2,1H3. The second-order valence-electron chi connectivity index (χ2n) is 6.04. The van der Waals surface area contributed by atoms with Gasteiger partial charge in [0.1, 0.15) is 0 Å². The van der Waals surface area contributed by atoms with Crippen LogP contribution in [0.4, 0.5) is 13.2 Å². The van der Waals surface area contributed by atoms with Crippen LogP contribution >= 0.6 is 0 Å². The molecule has 21 heavy (non-hydrogen) atoms. The van der Waals surface area contributed by atoms with Gasteiger partial charge in [-0.25, -0.2) is 0 Å². The van der Waals surface area contributed by atoms with Crippen LogP contribution in [0, 0.1) is 5.92 Å². The number of halogens is 3. The largest absolute Gasteiger partial charge is 0.469 e. The molecule has 1 aliphatic carbocycles. The molecule has 122 valence electrons. The monoisotopic (exact) mass is 308 g/mol. The third kappa shape index (κ3) is 4.85. The molecule has 2 unspecified atom stereocenters. The van der Waals surface area contributed by atoms with Crippen LogP contribution in [0.5, 0.6) is 0 Å². The van der Waals surface area contributed by atoms with Crippen LogP contribution in [0.25, 0.3) is 0 Å². The van der Waals surface area contributed by atoms with Gasteiger partial charge < -0.3 is 10.1 Å². The van der Waals surface area contributed by atoms with Crippen molar-refractivity contribution in [3.8, 4) is 0 Å². The molecule has 0 aromatic heterocycles. The predicted molar refractivity (Wildman–Crippen MR) is 71.8 cm³/mol. The molecule has 0 aromatic rings. The number of carbonyl (C=O) groups excluding carboxylic acids is 1. The summed E-state index contributed by atoms with van der Waals surface area (Å²) in [5.41, 5.74) is 0. The van der Waals surface area contributed by atoms with Crippen LogP contribution in [-0.2, 0) is 9.53 Å². The van der Waals surface area contributed by atoms with E-state index >= 15 is 0 Å². The van der Waals surface area contributed by atoms with Crippen molar-refractivity contribution in [3.63, 3.8) is 0 Å². The molecule has 1 saturated carbocycles. The fraction of sp³-hybridized carbons (Fsp3) is 0.929. The molecule has 2 atom stereocenters. The van der Waals surface area contributed by atoms with E-state index in [0.29, 0.717) is 25.6 Å². The maximum Gasteiger partial charge on any atom is 0.401 e. The number of likely N-dealkylation sites (tertiary alicyclic amines) is 1. The lowest BCUT2D eigenvalue weighted by Gasteiger charge is -2.40. The molecule has 2 aliphatic rings. The highest BCUT2D eigenvalue weighted by Crippen LogP contribution is 2.28. The molecular weight excluding hydrogens is 285 g/mol. The fourth-order valence-corrected chi connectivity index (χ4v) is 3.45. The average Bonchev–Trinajstić information content (AvgIpc) is 2.97. The maximum absolute atomic E-state index is 12.4. The number of nitrogens with one attached hydrogen (secondary N) is 1. The molecule has 0 aromatic carbocycles. The van der Waals surface area contributed by atoms with Crippen molar-refractivity contribution >= 4 is 5.97 Å². The molecular formula is C14H23F3N2O2. The Morgan fingerprint density at radius 1 is 1.29 bits per heavy atom. The summed E-state index contributed by atoms with van der Waals surface area (Å²) >= 11 is 0. The first kappa shape index (κ1) is 16.5. The Kier molecular flexibility index (Phi) is 5.48. The summed E-state index contributed by atoms with van der Waals surface area (Å²) in [5, 5.41) is 2.55. The minimum atomic E-state index is -4.23. The summed E-state index contributed by atoms with van der Waals surface area (Å²) in [5.74, 6) is -0.661. The Morgan fingerprint density at radius 3 is 2.52 bits per heavy atom. The lowest BCUT2D eigenvalue weighted by atomic mass is 9.92. The highest BCUT2D eigenvalue weighted by molar-refractivity contribution is 5.72. The van der Waals surface area contributed by atoms with E-state index in [1.54, 1.807) is 0 Å². The van der Waals surface area contributed by atoms with E-state index in [2.05, 4.69) is 10.2 Å². The van der Waals surface area contributed by atoms with Crippen molar-refractivity contribution < 1.29 is 22.7 Å². The van der Waals surface area contributed by atoms with Crippen molar-refractivity contribution in [1.29, 1.82) is 0 Å². The Balaban J connectivity index is 1.97. The first-order valence-corrected chi connectivity index (χ1v) is 7.51. The van der Waals surface area contributed by atoms with Gasteiger partial charge in [0, 0.05) is 25.2 Å². The number of nitrogens with zero attached hydrogens (tertiary/aromatic N) is 1. The molecule has 0 bridgehead atoms. The smallest absolute Gasteiger partial charge is 0.401 e. The van der Waals surface area contributed by atoms with Crippen molar-refractivity contribution in [3.05, 3.63) is 0 Å². The van der Waals surface area contributed by atoms with Crippen LogP contribution in [-0.4, -0.2) is 55.9 Å². The summed E-state index contributed by atoms with van der Waals surface area (Å²) in [6, 6.07) is 0.0812. The van der Waals surface area contributed by atoms with E-state index in [0.717, 1.165) is 25.7 Å². The summed E-state index contributed by atoms with van der Waals surface area (Å²) in [7, 11) is 1.33. The van der Waals surface area contributed by atoms with Crippen molar-refractivity contribution in [2.24, 2.45) is 5.92 Å². The lowest BCUT2D eigenvalue weighted by molar-refractivity contribution is -0.148. The molecule has 0 radical (unpaired) electrons. The van der Waals surface area contributed by atoms with Crippen LogP contribution in [0.1, 0.15) is 32.1 Å². The molecule has 1 N–H and O–H groups in total. The van der Waals surface area contributed by atoms with Gasteiger partial charge in [0.25, 0.3) is 0 Å². The zero-order valence-electron chi connectivity index (χ0n) is 12.3. The number of esters is 1. The van der Waals surface area contributed by atoms with Gasteiger partial charge in [0.2, 0.25) is 0 Å². The molecule has 1 aliphatic heterocycles. The lowest BCUT2D eigenvalue weighted by Crippen LogP contribution is -2.54. The van der Waals surface area contributed by atoms with Crippen molar-refractivity contribution in [2.75, 3.05) is 26.7 Å². The third-order valence-electron chi connectivity index (χ3n) is 4.45. The number of ether oxygens (including phenoxy) is 1. The molecule has 0 spiro atoms. The van der Waals surface area contributed by atoms with Gasteiger partial charge in [-0.2, -0.15) is 13.2 Å². The quantitative estimate of drug-likeness (QED) is 0.806. The molecule has 2 rings (SSSR count). The third-order valence-corrected chi connectivity index (χ3v) is 4.45. The van der Waals surface area contributed by atoms with Gasteiger partial charge in [0.05, 0.1) is 19.6 Å². The van der Waals surface area contributed by atoms with E-state index < -0.39 is 12.7 Å². The van der Waals surface area contributed by atoms with Gasteiger partial charge in [-0.3, -0.25) is 9.69 Å². The normalized spacial score (nSPS) is 28.8. The molecule has 2 fully saturated rings. The Morgan fingerprint density at radius 2 is 1.95 bits per heavy atom. The topological polar surface area (TPSA) is 41.6 Å². The fourth-order valence-electron chi connectivity index (χ4n) is 3.45. The number of hydrogen-bond donors (Lipinski definition) is 1. The predicted octanol–water partition coefficient (Wildman–Crippen LogP) is 1.94. The number of carbonyl (C=O) groups is 1. The molecule has 1 saturated heterocycles. The second-order valence-corrected chi connectivity index (χ2v) is 6.04. The highest BCUT2D eigenvalue weighted by Gasteiger charge is 2.37. The van der Waals surface area contributed by atoms with Crippen LogP contribution in [0.2, 0.25) is 0 Å². The van der Waals surface area contributed by atoms with Crippen molar-refractivity contribution in [1.82, 2.24) is 10.2 Å². The van der Waals surface area contributed by atoms with E-state index in [1.165, 1.54) is 7.11 Å². The van der Waals surface area contributed by atoms with Crippen LogP contribution in [0.3, 0.4) is 0 Å². The van der Waals surface area contributed by atoms with Gasteiger partial charge in [-0.05, 0) is 19.3 Å². The summed E-state index contributed by atoms with van der Waals surface area (Å²) in [4.78, 5) is 13.9. The first-order chi connectivity index (χ1) is 9.89. The Labute approximate surface area is 123 Å². The number of rotatable bonds is 4. The highest BCUT2D eigenvalue weighted by atomic mass is 19.4. The van der Waals surface area contributed by atoms with Gasteiger partial charge in [-0.1, -0.05) is 12.8 Å². The van der Waals surface area contributed by atoms with E-state index in [1.807, 2.05) is 0 Å². The zero-order chi connectivity index (χ0) is 15.5. The maximum atomic E-state index is 12.4. The number of alkyl halides is 3. The molecule has 7 heteroatoms. The molecule has 0 amide bonds. The number of hydrogen-bond acceptors (Lipinski definition) is 4. The number of methoxy groups -OCH3 is 1. The number of piperidine rings is 1. The minimum absolute atomic E-state index is 0.315. The summed E-state index contributed by atoms with van der Waals surface area (Å²) in [6.45, 7) is 0.167. The Bertz CT molecular complexity index is 357. The second kappa shape index (κ2) is 6.96. The van der Waals surface area contributed by atoms with Gasteiger partial charge >= 0.3 is 12.1 Å². The summed E-state index contributed by atoms with van der Waals surface area (Å²) in [6.07, 6.45) is 0.636. The van der Waals surface area contributed by atoms with Crippen LogP contribution in [0.15, 0.2) is 0 Å². The summed E-state index contributed by atoms with van der Waals surface area (Å²) < 4.78 is 41.9.